The number of thioether (sulfide) groups is 1. The lowest BCUT2D eigenvalue weighted by Gasteiger charge is -2.26. The molecular weight excluding hydrogens is 306 g/mol. The molecule has 1 aromatic rings. The number of nitrogens with zero attached hydrogens (tertiary/aromatic N) is 3. The normalized spacial score (nSPS) is 26.3. The Morgan fingerprint density at radius 1 is 1.26 bits per heavy atom. The molecule has 1 aliphatic carbocycles. The van der Waals surface area contributed by atoms with Gasteiger partial charge in [-0.25, -0.2) is 0 Å². The molecule has 0 spiro atoms. The Bertz CT molecular complexity index is 509. The third-order valence-electron chi connectivity index (χ3n) is 5.03. The number of piperidine rings is 1. The molecule has 3 rings (SSSR count). The quantitative estimate of drug-likeness (QED) is 0.618. The van der Waals surface area contributed by atoms with Gasteiger partial charge < -0.3 is 15.6 Å². The van der Waals surface area contributed by atoms with Gasteiger partial charge in [0.25, 0.3) is 0 Å². The number of hydrogen-bond donors (Lipinski definition) is 2. The molecule has 0 radical (unpaired) electrons. The van der Waals surface area contributed by atoms with Crippen LogP contribution in [-0.2, 0) is 6.54 Å². The number of rotatable bonds is 6. The van der Waals surface area contributed by atoms with E-state index in [0.717, 1.165) is 61.5 Å². The summed E-state index contributed by atoms with van der Waals surface area (Å²) in [6.07, 6.45) is 9.17. The van der Waals surface area contributed by atoms with Crippen LogP contribution in [0.25, 0.3) is 0 Å². The highest BCUT2D eigenvalue weighted by Gasteiger charge is 2.24. The molecule has 2 fully saturated rings. The highest BCUT2D eigenvalue weighted by atomic mass is 32.2. The smallest absolute Gasteiger partial charge is 0.191 e. The van der Waals surface area contributed by atoms with Crippen LogP contribution in [0.5, 0.6) is 0 Å². The maximum atomic E-state index is 6.11. The van der Waals surface area contributed by atoms with Crippen molar-refractivity contribution in [2.75, 3.05) is 18.8 Å². The van der Waals surface area contributed by atoms with Gasteiger partial charge in [0.15, 0.2) is 5.16 Å². The van der Waals surface area contributed by atoms with E-state index in [0.29, 0.717) is 12.0 Å². The monoisotopic (exact) mass is 335 g/mol. The van der Waals surface area contributed by atoms with Crippen LogP contribution >= 0.6 is 11.8 Å². The van der Waals surface area contributed by atoms with Crippen LogP contribution in [-0.4, -0.2) is 39.6 Å². The summed E-state index contributed by atoms with van der Waals surface area (Å²) in [5, 5.41) is 13.5. The van der Waals surface area contributed by atoms with Gasteiger partial charge in [-0.15, -0.1) is 16.8 Å². The van der Waals surface area contributed by atoms with Gasteiger partial charge in [0.05, 0.1) is 0 Å². The Balaban J connectivity index is 1.66. The standard InChI is InChI=1S/C17H29N5S/c1-2-10-22-16(14-6-8-19-9-7-14)20-21-17(22)23-12-13-4-3-5-15(18)11-13/h2,13-15,19H,1,3-12,18H2/t13-,15+/m1/s1. The first-order chi connectivity index (χ1) is 11.3. The molecule has 2 aliphatic rings. The third kappa shape index (κ3) is 4.37. The van der Waals surface area contributed by atoms with Crippen molar-refractivity contribution in [1.82, 2.24) is 20.1 Å². The van der Waals surface area contributed by atoms with Crippen molar-refractivity contribution >= 4 is 11.8 Å². The summed E-state index contributed by atoms with van der Waals surface area (Å²) in [5.74, 6) is 3.50. The minimum absolute atomic E-state index is 0.394. The third-order valence-corrected chi connectivity index (χ3v) is 6.23. The largest absolute Gasteiger partial charge is 0.328 e. The van der Waals surface area contributed by atoms with Crippen molar-refractivity contribution in [2.45, 2.75) is 62.2 Å². The second-order valence-electron chi connectivity index (χ2n) is 6.87. The van der Waals surface area contributed by atoms with E-state index in [9.17, 15) is 0 Å². The molecule has 2 atom stereocenters. The lowest BCUT2D eigenvalue weighted by molar-refractivity contribution is 0.349. The summed E-state index contributed by atoms with van der Waals surface area (Å²) < 4.78 is 2.27. The van der Waals surface area contributed by atoms with E-state index in [4.69, 9.17) is 5.73 Å². The summed E-state index contributed by atoms with van der Waals surface area (Å²) >= 11 is 1.85. The van der Waals surface area contributed by atoms with Crippen molar-refractivity contribution in [3.05, 3.63) is 18.5 Å². The van der Waals surface area contributed by atoms with Crippen LogP contribution in [0.15, 0.2) is 17.8 Å². The first kappa shape index (κ1) is 17.0. The predicted octanol–water partition coefficient (Wildman–Crippen LogP) is 2.54. The molecule has 6 heteroatoms. The van der Waals surface area contributed by atoms with E-state index in [2.05, 4.69) is 26.7 Å². The van der Waals surface area contributed by atoms with E-state index in [1.165, 1.54) is 19.3 Å². The molecule has 128 valence electrons. The summed E-state index contributed by atoms with van der Waals surface area (Å²) in [6, 6.07) is 0.394. The molecular formula is C17H29N5S. The second-order valence-corrected chi connectivity index (χ2v) is 7.86. The van der Waals surface area contributed by atoms with Crippen molar-refractivity contribution in [3.63, 3.8) is 0 Å². The lowest BCUT2D eigenvalue weighted by atomic mass is 9.87. The van der Waals surface area contributed by atoms with Gasteiger partial charge in [0, 0.05) is 24.3 Å². The zero-order chi connectivity index (χ0) is 16.1. The minimum atomic E-state index is 0.394. The molecule has 23 heavy (non-hydrogen) atoms. The molecule has 0 unspecified atom stereocenters. The highest BCUT2D eigenvalue weighted by Crippen LogP contribution is 2.31. The van der Waals surface area contributed by atoms with Gasteiger partial charge >= 0.3 is 0 Å². The Morgan fingerprint density at radius 2 is 2.09 bits per heavy atom. The first-order valence-electron chi connectivity index (χ1n) is 8.91. The maximum Gasteiger partial charge on any atom is 0.191 e. The molecule has 5 nitrogen and oxygen atoms in total. The number of allylic oxidation sites excluding steroid dienone is 1. The Labute approximate surface area is 143 Å². The van der Waals surface area contributed by atoms with Crippen molar-refractivity contribution in [2.24, 2.45) is 11.7 Å². The van der Waals surface area contributed by atoms with Crippen LogP contribution < -0.4 is 11.1 Å². The maximum absolute atomic E-state index is 6.11. The molecule has 1 aromatic heterocycles. The van der Waals surface area contributed by atoms with Crippen LogP contribution in [0.4, 0.5) is 0 Å². The van der Waals surface area contributed by atoms with Crippen molar-refractivity contribution in [3.8, 4) is 0 Å². The molecule has 0 bridgehead atoms. The van der Waals surface area contributed by atoms with Crippen LogP contribution in [0, 0.1) is 5.92 Å². The van der Waals surface area contributed by atoms with Crippen LogP contribution in [0.3, 0.4) is 0 Å². The Morgan fingerprint density at radius 3 is 2.83 bits per heavy atom. The lowest BCUT2D eigenvalue weighted by Crippen LogP contribution is -2.29. The number of nitrogens with two attached hydrogens (primary N) is 1. The average Bonchev–Trinajstić information content (AvgIpc) is 2.97. The highest BCUT2D eigenvalue weighted by molar-refractivity contribution is 7.99. The summed E-state index contributed by atoms with van der Waals surface area (Å²) in [7, 11) is 0. The number of aromatic nitrogens is 3. The molecule has 0 amide bonds. The van der Waals surface area contributed by atoms with Gasteiger partial charge in [-0.1, -0.05) is 24.3 Å². The van der Waals surface area contributed by atoms with Gasteiger partial charge in [-0.05, 0) is 51.1 Å². The fraction of sp³-hybridized carbons (Fsp3) is 0.765. The van der Waals surface area contributed by atoms with E-state index in [-0.39, 0.29) is 0 Å². The topological polar surface area (TPSA) is 68.8 Å². The SMILES string of the molecule is C=CCn1c(SC[C@@H]2CCC[C@H](N)C2)nnc1C1CCNCC1. The predicted molar refractivity (Wildman–Crippen MR) is 95.7 cm³/mol. The number of hydrogen-bond acceptors (Lipinski definition) is 5. The van der Waals surface area contributed by atoms with Gasteiger partial charge in [0.1, 0.15) is 5.82 Å². The molecule has 1 saturated carbocycles. The summed E-state index contributed by atoms with van der Waals surface area (Å²) in [6.45, 7) is 6.87. The summed E-state index contributed by atoms with van der Waals surface area (Å²) in [4.78, 5) is 0. The van der Waals surface area contributed by atoms with Crippen LogP contribution in [0.2, 0.25) is 0 Å². The first-order valence-corrected chi connectivity index (χ1v) is 9.89. The van der Waals surface area contributed by atoms with E-state index in [1.807, 2.05) is 17.8 Å². The minimum Gasteiger partial charge on any atom is -0.328 e. The Hall–Kier alpha value is -0.850. The number of nitrogens with one attached hydrogen (secondary N) is 1. The molecule has 1 saturated heterocycles. The molecule has 1 aliphatic heterocycles. The zero-order valence-electron chi connectivity index (χ0n) is 13.9. The van der Waals surface area contributed by atoms with E-state index in [1.54, 1.807) is 0 Å². The van der Waals surface area contributed by atoms with Crippen molar-refractivity contribution < 1.29 is 0 Å². The van der Waals surface area contributed by atoms with E-state index >= 15 is 0 Å². The fourth-order valence-corrected chi connectivity index (χ4v) is 4.88. The zero-order valence-corrected chi connectivity index (χ0v) is 14.7. The Kier molecular flexibility index (Phi) is 6.14. The van der Waals surface area contributed by atoms with Gasteiger partial charge in [-0.2, -0.15) is 0 Å². The van der Waals surface area contributed by atoms with Crippen LogP contribution in [0.1, 0.15) is 50.3 Å². The van der Waals surface area contributed by atoms with Gasteiger partial charge in [0.2, 0.25) is 0 Å². The molecule has 2 heterocycles. The second kappa shape index (κ2) is 8.31. The van der Waals surface area contributed by atoms with Crippen molar-refractivity contribution in [1.29, 1.82) is 0 Å². The summed E-state index contributed by atoms with van der Waals surface area (Å²) in [5.41, 5.74) is 6.11. The molecule has 3 N–H and O–H groups in total. The molecule has 0 aromatic carbocycles. The average molecular weight is 336 g/mol. The van der Waals surface area contributed by atoms with Gasteiger partial charge in [-0.3, -0.25) is 0 Å². The fourth-order valence-electron chi connectivity index (χ4n) is 3.77. The van der Waals surface area contributed by atoms with E-state index < -0.39 is 0 Å².